The maximum atomic E-state index is 5.33. The second-order valence-corrected chi connectivity index (χ2v) is 4.45. The summed E-state index contributed by atoms with van der Waals surface area (Å²) in [6.07, 6.45) is 2.06. The van der Waals surface area contributed by atoms with Gasteiger partial charge in [-0.15, -0.1) is 5.53 Å². The van der Waals surface area contributed by atoms with E-state index in [0.717, 1.165) is 11.4 Å². The van der Waals surface area contributed by atoms with Crippen LogP contribution in [-0.2, 0) is 0 Å². The van der Waals surface area contributed by atoms with Crippen LogP contribution in [0.25, 0.3) is 0 Å². The van der Waals surface area contributed by atoms with Crippen LogP contribution in [0.5, 0.6) is 5.75 Å². The van der Waals surface area contributed by atoms with Gasteiger partial charge in [0.25, 0.3) is 0 Å². The van der Waals surface area contributed by atoms with Crippen molar-refractivity contribution in [2.45, 2.75) is 4.90 Å². The van der Waals surface area contributed by atoms with Gasteiger partial charge >= 0.3 is 0 Å². The average molecular weight is 221 g/mol. The Morgan fingerprint density at radius 2 is 2.27 bits per heavy atom. The molecule has 0 aromatic heterocycles. The molecule has 0 fully saturated rings. The van der Waals surface area contributed by atoms with E-state index in [-0.39, 0.29) is 0 Å². The van der Waals surface area contributed by atoms with E-state index in [2.05, 4.69) is 22.8 Å². The molecule has 0 saturated heterocycles. The molecule has 4 nitrogen and oxygen atoms in total. The maximum absolute atomic E-state index is 5.33. The summed E-state index contributed by atoms with van der Waals surface area (Å²) in [7, 11) is 3.68. The Kier molecular flexibility index (Phi) is 1.83. The molecule has 0 atom stereocenters. The zero-order valence-corrected chi connectivity index (χ0v) is 9.34. The van der Waals surface area contributed by atoms with Gasteiger partial charge in [0, 0.05) is 13.2 Å². The minimum absolute atomic E-state index is 0.928. The molecular formula is C10H11N3OS. The van der Waals surface area contributed by atoms with Gasteiger partial charge in [0.15, 0.2) is 0 Å². The van der Waals surface area contributed by atoms with Crippen molar-refractivity contribution in [3.8, 4) is 5.75 Å². The number of methoxy groups -OCH3 is 1. The predicted octanol–water partition coefficient (Wildman–Crippen LogP) is 1.77. The number of nitrogens with zero attached hydrogens (tertiary/aromatic N) is 2. The highest BCUT2D eigenvalue weighted by Crippen LogP contribution is 2.50. The van der Waals surface area contributed by atoms with Crippen molar-refractivity contribution in [3.05, 3.63) is 29.4 Å². The van der Waals surface area contributed by atoms with Crippen molar-refractivity contribution in [1.82, 2.24) is 10.5 Å². The van der Waals surface area contributed by atoms with Gasteiger partial charge in [-0.3, -0.25) is 5.01 Å². The number of ether oxygens (including phenoxy) is 1. The first kappa shape index (κ1) is 8.94. The lowest BCUT2D eigenvalue weighted by Gasteiger charge is -2.18. The molecule has 1 N–H and O–H groups in total. The number of benzene rings is 1. The molecule has 1 aromatic rings. The number of nitrogens with one attached hydrogen (secondary N) is 1. The molecular weight excluding hydrogens is 210 g/mol. The molecule has 0 amide bonds. The van der Waals surface area contributed by atoms with Crippen LogP contribution in [0.15, 0.2) is 34.3 Å². The van der Waals surface area contributed by atoms with E-state index in [4.69, 9.17) is 4.74 Å². The van der Waals surface area contributed by atoms with Crippen LogP contribution in [0.2, 0.25) is 0 Å². The summed E-state index contributed by atoms with van der Waals surface area (Å²) in [6.45, 7) is 0. The Labute approximate surface area is 92.4 Å². The first-order valence-corrected chi connectivity index (χ1v) is 5.47. The zero-order chi connectivity index (χ0) is 10.4. The highest BCUT2D eigenvalue weighted by atomic mass is 32.2. The summed E-state index contributed by atoms with van der Waals surface area (Å²) in [5.41, 5.74) is 4.37. The standard InChI is InChI=1S/C10H11N3OS/c1-12-6-9-13(11-12)7-4-3-5-8(14-2)10(7)15-9/h3-6,11H,1-2H3. The SMILES string of the molecule is COc1cccc2c1SC1=CN(C)NN12. The average Bonchev–Trinajstić information content (AvgIpc) is 2.73. The molecule has 1 aromatic carbocycles. The van der Waals surface area contributed by atoms with Crippen molar-refractivity contribution in [2.75, 3.05) is 19.2 Å². The van der Waals surface area contributed by atoms with E-state index in [1.54, 1.807) is 18.9 Å². The van der Waals surface area contributed by atoms with E-state index < -0.39 is 0 Å². The molecule has 78 valence electrons. The Balaban J connectivity index is 2.09. The van der Waals surface area contributed by atoms with Crippen LogP contribution in [0.4, 0.5) is 5.69 Å². The van der Waals surface area contributed by atoms with Crippen molar-refractivity contribution in [3.63, 3.8) is 0 Å². The van der Waals surface area contributed by atoms with E-state index in [9.17, 15) is 0 Å². The first-order valence-electron chi connectivity index (χ1n) is 4.65. The number of hydrazine groups is 2. The maximum Gasteiger partial charge on any atom is 0.135 e. The van der Waals surface area contributed by atoms with Crippen LogP contribution in [-0.4, -0.2) is 19.2 Å². The van der Waals surface area contributed by atoms with E-state index >= 15 is 0 Å². The van der Waals surface area contributed by atoms with E-state index in [0.29, 0.717) is 0 Å². The van der Waals surface area contributed by atoms with Crippen molar-refractivity contribution in [1.29, 1.82) is 0 Å². The van der Waals surface area contributed by atoms with Gasteiger partial charge in [-0.05, 0) is 12.1 Å². The predicted molar refractivity (Wildman–Crippen MR) is 60.3 cm³/mol. The van der Waals surface area contributed by atoms with Gasteiger partial charge < -0.3 is 4.74 Å². The second-order valence-electron chi connectivity index (χ2n) is 3.42. The van der Waals surface area contributed by atoms with E-state index in [1.807, 2.05) is 24.2 Å². The lowest BCUT2D eigenvalue weighted by Crippen LogP contribution is -2.37. The summed E-state index contributed by atoms with van der Waals surface area (Å²) < 4.78 is 5.33. The lowest BCUT2D eigenvalue weighted by atomic mass is 10.3. The van der Waals surface area contributed by atoms with Gasteiger partial charge in [0.1, 0.15) is 10.8 Å². The molecule has 3 rings (SSSR count). The third-order valence-electron chi connectivity index (χ3n) is 2.41. The molecule has 0 saturated carbocycles. The van der Waals surface area contributed by atoms with E-state index in [1.165, 1.54) is 9.92 Å². The van der Waals surface area contributed by atoms with Gasteiger partial charge in [0.05, 0.1) is 17.7 Å². The van der Waals surface area contributed by atoms with Crippen molar-refractivity contribution in [2.24, 2.45) is 0 Å². The fraction of sp³-hybridized carbons (Fsp3) is 0.200. The molecule has 2 aliphatic rings. The number of rotatable bonds is 1. The highest BCUT2D eigenvalue weighted by Gasteiger charge is 2.32. The van der Waals surface area contributed by atoms with Crippen molar-refractivity contribution >= 4 is 17.4 Å². The quantitative estimate of drug-likeness (QED) is 0.780. The minimum atomic E-state index is 0.928. The van der Waals surface area contributed by atoms with Crippen molar-refractivity contribution < 1.29 is 4.74 Å². The number of anilines is 1. The number of hydrogen-bond acceptors (Lipinski definition) is 5. The summed E-state index contributed by atoms with van der Waals surface area (Å²) in [6, 6.07) is 6.07. The van der Waals surface area contributed by atoms with Crippen LogP contribution in [0, 0.1) is 0 Å². The third kappa shape index (κ3) is 1.20. The van der Waals surface area contributed by atoms with Crippen LogP contribution < -0.4 is 15.3 Å². The number of hydrogen-bond donors (Lipinski definition) is 1. The zero-order valence-electron chi connectivity index (χ0n) is 8.52. The highest BCUT2D eigenvalue weighted by molar-refractivity contribution is 8.03. The van der Waals surface area contributed by atoms with Crippen LogP contribution in [0.1, 0.15) is 0 Å². The third-order valence-corrected chi connectivity index (χ3v) is 3.52. The molecule has 0 bridgehead atoms. The fourth-order valence-electron chi connectivity index (χ4n) is 1.75. The number of fused-ring (bicyclic) bond motifs is 3. The molecule has 2 aliphatic heterocycles. The largest absolute Gasteiger partial charge is 0.495 e. The monoisotopic (exact) mass is 221 g/mol. The molecule has 15 heavy (non-hydrogen) atoms. The van der Waals surface area contributed by atoms with Gasteiger partial charge in [0.2, 0.25) is 0 Å². The molecule has 0 radical (unpaired) electrons. The molecule has 0 spiro atoms. The first-order chi connectivity index (χ1) is 7.29. The van der Waals surface area contributed by atoms with Gasteiger partial charge in [-0.1, -0.05) is 17.8 Å². The molecule has 0 aliphatic carbocycles. The molecule has 0 unspecified atom stereocenters. The lowest BCUT2D eigenvalue weighted by molar-refractivity contribution is 0.357. The number of thioether (sulfide) groups is 1. The summed E-state index contributed by atoms with van der Waals surface area (Å²) in [4.78, 5) is 1.17. The van der Waals surface area contributed by atoms with Crippen LogP contribution in [0.3, 0.4) is 0 Å². The minimum Gasteiger partial charge on any atom is -0.495 e. The fourth-order valence-corrected chi connectivity index (χ4v) is 2.92. The Hall–Kier alpha value is -1.33. The second kappa shape index (κ2) is 3.08. The smallest absolute Gasteiger partial charge is 0.135 e. The Bertz CT molecular complexity index is 446. The van der Waals surface area contributed by atoms with Gasteiger partial charge in [-0.25, -0.2) is 5.01 Å². The molecule has 2 heterocycles. The van der Waals surface area contributed by atoms with Crippen LogP contribution >= 0.6 is 11.8 Å². The topological polar surface area (TPSA) is 27.7 Å². The Morgan fingerprint density at radius 3 is 3.07 bits per heavy atom. The Morgan fingerprint density at radius 1 is 1.40 bits per heavy atom. The van der Waals surface area contributed by atoms with Gasteiger partial charge in [-0.2, -0.15) is 0 Å². The summed E-state index contributed by atoms with van der Waals surface area (Å²) in [5, 5.41) is 5.17. The molecule has 5 heteroatoms. The summed E-state index contributed by atoms with van der Waals surface area (Å²) in [5.74, 6) is 0.928. The summed E-state index contributed by atoms with van der Waals surface area (Å²) >= 11 is 1.72. The normalized spacial score (nSPS) is 17.6.